The average molecular weight is 509 g/mol. The number of amidine groups is 1. The Morgan fingerprint density at radius 1 is 1.05 bits per heavy atom. The molecular formula is C28H44N8O. The van der Waals surface area contributed by atoms with Gasteiger partial charge in [-0.1, -0.05) is 12.1 Å². The summed E-state index contributed by atoms with van der Waals surface area (Å²) < 4.78 is 0. The third-order valence-electron chi connectivity index (χ3n) is 7.58. The number of rotatable bonds is 10. The zero-order chi connectivity index (χ0) is 26.5. The molecule has 1 aromatic rings. The number of piperazine rings is 1. The van der Waals surface area contributed by atoms with E-state index >= 15 is 0 Å². The smallest absolute Gasteiger partial charge is 0.236 e. The lowest BCUT2D eigenvalue weighted by Crippen LogP contribution is -2.54. The van der Waals surface area contributed by atoms with Crippen LogP contribution in [0.1, 0.15) is 39.3 Å². The second-order valence-corrected chi connectivity index (χ2v) is 10.9. The van der Waals surface area contributed by atoms with E-state index in [9.17, 15) is 4.79 Å². The molecule has 3 aliphatic heterocycles. The predicted octanol–water partition coefficient (Wildman–Crippen LogP) is 2.24. The first-order valence-electron chi connectivity index (χ1n) is 13.6. The van der Waals surface area contributed by atoms with Crippen LogP contribution >= 0.6 is 0 Å². The van der Waals surface area contributed by atoms with Crippen molar-refractivity contribution in [2.75, 3.05) is 64.8 Å². The fourth-order valence-corrected chi connectivity index (χ4v) is 5.39. The van der Waals surface area contributed by atoms with Crippen molar-refractivity contribution in [3.8, 4) is 0 Å². The van der Waals surface area contributed by atoms with Crippen LogP contribution in [-0.2, 0) is 4.79 Å². The van der Waals surface area contributed by atoms with E-state index in [4.69, 9.17) is 4.99 Å². The lowest BCUT2D eigenvalue weighted by atomic mass is 10.0. The van der Waals surface area contributed by atoms with Gasteiger partial charge in [0.1, 0.15) is 18.0 Å². The highest BCUT2D eigenvalue weighted by molar-refractivity contribution is 6.31. The van der Waals surface area contributed by atoms with Gasteiger partial charge in [0.2, 0.25) is 5.91 Å². The lowest BCUT2D eigenvalue weighted by molar-refractivity contribution is -0.132. The Morgan fingerprint density at radius 2 is 1.73 bits per heavy atom. The summed E-state index contributed by atoms with van der Waals surface area (Å²) in [5, 5.41) is 3.52. The standard InChI is InChI=1S/C28H44N8O/c1-21(2)35(22(3)4)18-15-33-13-16-34(17-14-33)26(37)20-30-28-27(31-25-19-29-11-12-36(25)28)23-7-9-24(10-8-23)32(5)6/h7-12,19,21-22,27-28,30H,13-18,20H2,1-6H3. The largest absolute Gasteiger partial charge is 0.378 e. The van der Waals surface area contributed by atoms with Crippen molar-refractivity contribution in [3.63, 3.8) is 0 Å². The van der Waals surface area contributed by atoms with Gasteiger partial charge in [0, 0.05) is 83.5 Å². The summed E-state index contributed by atoms with van der Waals surface area (Å²) in [5.41, 5.74) is 2.26. The molecule has 3 heterocycles. The molecule has 9 heteroatoms. The van der Waals surface area contributed by atoms with Crippen LogP contribution in [0.4, 0.5) is 5.69 Å². The Balaban J connectivity index is 1.31. The molecular weight excluding hydrogens is 464 g/mol. The summed E-state index contributed by atoms with van der Waals surface area (Å²) in [7, 11) is 4.07. The van der Waals surface area contributed by atoms with Gasteiger partial charge < -0.3 is 14.7 Å². The fraction of sp³-hybridized carbons (Fsp3) is 0.607. The highest BCUT2D eigenvalue weighted by Gasteiger charge is 2.36. The molecule has 1 fully saturated rings. The third kappa shape index (κ3) is 6.58. The molecule has 2 atom stereocenters. The van der Waals surface area contributed by atoms with E-state index in [1.54, 1.807) is 12.4 Å². The molecule has 0 aliphatic carbocycles. The molecule has 1 N–H and O–H groups in total. The second-order valence-electron chi connectivity index (χ2n) is 10.9. The van der Waals surface area contributed by atoms with E-state index < -0.39 is 0 Å². The van der Waals surface area contributed by atoms with E-state index in [0.717, 1.165) is 56.4 Å². The van der Waals surface area contributed by atoms with Gasteiger partial charge in [0.05, 0.1) is 12.8 Å². The molecule has 37 heavy (non-hydrogen) atoms. The molecule has 0 spiro atoms. The Labute approximate surface area is 222 Å². The number of hydrogen-bond acceptors (Lipinski definition) is 8. The van der Waals surface area contributed by atoms with Crippen molar-refractivity contribution in [1.82, 2.24) is 24.9 Å². The molecule has 0 bridgehead atoms. The number of nitrogens with zero attached hydrogens (tertiary/aromatic N) is 7. The van der Waals surface area contributed by atoms with Crippen LogP contribution in [0, 0.1) is 0 Å². The van der Waals surface area contributed by atoms with E-state index in [2.05, 4.69) is 81.9 Å². The molecule has 4 rings (SSSR count). The number of benzene rings is 1. The van der Waals surface area contributed by atoms with Gasteiger partial charge in [0.15, 0.2) is 0 Å². The van der Waals surface area contributed by atoms with Crippen molar-refractivity contribution in [2.24, 2.45) is 9.98 Å². The van der Waals surface area contributed by atoms with Crippen LogP contribution < -0.4 is 10.2 Å². The van der Waals surface area contributed by atoms with Crippen molar-refractivity contribution in [2.45, 2.75) is 52.0 Å². The van der Waals surface area contributed by atoms with Crippen molar-refractivity contribution in [3.05, 3.63) is 42.2 Å². The number of carbonyl (C=O) groups excluding carboxylic acids is 1. The first-order valence-corrected chi connectivity index (χ1v) is 13.6. The maximum Gasteiger partial charge on any atom is 0.236 e. The van der Waals surface area contributed by atoms with Crippen LogP contribution in [0.25, 0.3) is 0 Å². The van der Waals surface area contributed by atoms with Crippen molar-refractivity contribution >= 4 is 23.6 Å². The maximum absolute atomic E-state index is 13.2. The SMILES string of the molecule is CC(C)N(CCN1CCN(C(=O)CNC2C(c3ccc(N(C)C)cc3)N=C3C=NC=CN32)CC1)C(C)C. The van der Waals surface area contributed by atoms with Crippen LogP contribution in [0.3, 0.4) is 0 Å². The average Bonchev–Trinajstić information content (AvgIpc) is 3.26. The molecule has 3 aliphatic rings. The second kappa shape index (κ2) is 12.2. The van der Waals surface area contributed by atoms with E-state index in [0.29, 0.717) is 12.1 Å². The quantitative estimate of drug-likeness (QED) is 0.523. The number of hydrogen-bond donors (Lipinski definition) is 1. The van der Waals surface area contributed by atoms with Crippen molar-refractivity contribution in [1.29, 1.82) is 0 Å². The van der Waals surface area contributed by atoms with Gasteiger partial charge >= 0.3 is 0 Å². The zero-order valence-corrected chi connectivity index (χ0v) is 23.3. The molecule has 2 unspecified atom stereocenters. The zero-order valence-electron chi connectivity index (χ0n) is 23.3. The Morgan fingerprint density at radius 3 is 2.35 bits per heavy atom. The molecule has 1 saturated heterocycles. The minimum absolute atomic E-state index is 0.116. The van der Waals surface area contributed by atoms with Crippen LogP contribution in [-0.4, -0.2) is 116 Å². The highest BCUT2D eigenvalue weighted by atomic mass is 16.2. The van der Waals surface area contributed by atoms with Gasteiger partial charge in [-0.3, -0.25) is 29.9 Å². The Kier molecular flexibility index (Phi) is 9.00. The lowest BCUT2D eigenvalue weighted by Gasteiger charge is -2.38. The number of carbonyl (C=O) groups is 1. The highest BCUT2D eigenvalue weighted by Crippen LogP contribution is 2.31. The Bertz CT molecular complexity index is 984. The summed E-state index contributed by atoms with van der Waals surface area (Å²) in [4.78, 5) is 33.5. The number of nitrogens with one attached hydrogen (secondary N) is 1. The third-order valence-corrected chi connectivity index (χ3v) is 7.58. The van der Waals surface area contributed by atoms with E-state index in [-0.39, 0.29) is 24.7 Å². The first kappa shape index (κ1) is 27.3. The minimum atomic E-state index is -0.133. The van der Waals surface area contributed by atoms with Crippen molar-refractivity contribution < 1.29 is 4.79 Å². The van der Waals surface area contributed by atoms with Gasteiger partial charge in [-0.05, 0) is 45.4 Å². The molecule has 1 aromatic carbocycles. The summed E-state index contributed by atoms with van der Waals surface area (Å²) in [6, 6.07) is 9.45. The van der Waals surface area contributed by atoms with Gasteiger partial charge in [-0.15, -0.1) is 0 Å². The fourth-order valence-electron chi connectivity index (χ4n) is 5.39. The number of anilines is 1. The van der Waals surface area contributed by atoms with E-state index in [1.807, 2.05) is 25.2 Å². The monoisotopic (exact) mass is 508 g/mol. The Hall–Kier alpha value is -2.75. The number of fused-ring (bicyclic) bond motifs is 1. The van der Waals surface area contributed by atoms with Crippen LogP contribution in [0.5, 0.6) is 0 Å². The maximum atomic E-state index is 13.2. The van der Waals surface area contributed by atoms with Gasteiger partial charge in [0.25, 0.3) is 0 Å². The molecule has 1 amide bonds. The summed E-state index contributed by atoms with van der Waals surface area (Å²) >= 11 is 0. The molecule has 0 radical (unpaired) electrons. The molecule has 0 saturated carbocycles. The first-order chi connectivity index (χ1) is 17.7. The normalized spacial score (nSPS) is 21.8. The predicted molar refractivity (Wildman–Crippen MR) is 152 cm³/mol. The molecule has 202 valence electrons. The molecule has 9 nitrogen and oxygen atoms in total. The summed E-state index contributed by atoms with van der Waals surface area (Å²) in [6.45, 7) is 14.9. The van der Waals surface area contributed by atoms with Gasteiger partial charge in [-0.25, -0.2) is 0 Å². The minimum Gasteiger partial charge on any atom is -0.378 e. The number of amides is 1. The van der Waals surface area contributed by atoms with E-state index in [1.165, 1.54) is 0 Å². The van der Waals surface area contributed by atoms with Crippen LogP contribution in [0.2, 0.25) is 0 Å². The topological polar surface area (TPSA) is 70.0 Å². The summed E-state index contributed by atoms with van der Waals surface area (Å²) in [6.07, 6.45) is 5.35. The molecule has 0 aromatic heterocycles. The van der Waals surface area contributed by atoms with Crippen LogP contribution in [0.15, 0.2) is 46.7 Å². The summed E-state index contributed by atoms with van der Waals surface area (Å²) in [5.74, 6) is 0.968. The van der Waals surface area contributed by atoms with Gasteiger partial charge in [-0.2, -0.15) is 0 Å². The number of aliphatic imine (C=N–C) groups is 2.